The number of piperidine rings is 1. The third-order valence-electron chi connectivity index (χ3n) is 5.83. The molecule has 4 rings (SSSR count). The zero-order chi connectivity index (χ0) is 18.9. The number of carbonyl (C=O) groups is 1. The number of rotatable bonds is 5. The molecule has 6 nitrogen and oxygen atoms in total. The van der Waals surface area contributed by atoms with Gasteiger partial charge >= 0.3 is 0 Å². The van der Waals surface area contributed by atoms with E-state index in [2.05, 4.69) is 32.0 Å². The summed E-state index contributed by atoms with van der Waals surface area (Å²) in [6.45, 7) is 8.93. The van der Waals surface area contributed by atoms with Crippen molar-refractivity contribution < 1.29 is 9.53 Å². The monoisotopic (exact) mass is 388 g/mol. The van der Waals surface area contributed by atoms with Gasteiger partial charge in [-0.2, -0.15) is 0 Å². The smallest absolute Gasteiger partial charge is 0.253 e. The van der Waals surface area contributed by atoms with Gasteiger partial charge in [-0.25, -0.2) is 4.98 Å². The van der Waals surface area contributed by atoms with Crippen LogP contribution in [-0.4, -0.2) is 57.5 Å². The van der Waals surface area contributed by atoms with Crippen LogP contribution in [-0.2, 0) is 28.2 Å². The van der Waals surface area contributed by atoms with Gasteiger partial charge in [0.15, 0.2) is 6.10 Å². The topological polar surface area (TPSA) is 50.6 Å². The van der Waals surface area contributed by atoms with Crippen LogP contribution in [0.2, 0.25) is 0 Å². The molecule has 1 fully saturated rings. The zero-order valence-corrected chi connectivity index (χ0v) is 17.0. The molecule has 0 N–H and O–H groups in total. The lowest BCUT2D eigenvalue weighted by atomic mass is 9.88. The molecule has 1 amide bonds. The van der Waals surface area contributed by atoms with Gasteiger partial charge in [-0.15, -0.1) is 11.3 Å². The first kappa shape index (κ1) is 18.7. The van der Waals surface area contributed by atoms with Crippen LogP contribution >= 0.6 is 11.3 Å². The van der Waals surface area contributed by atoms with Crippen molar-refractivity contribution in [3.05, 3.63) is 40.6 Å². The Bertz CT molecular complexity index is 761. The number of aromatic nitrogens is 2. The Morgan fingerprint density at radius 3 is 2.81 bits per heavy atom. The number of hydrogen-bond donors (Lipinski definition) is 0. The Morgan fingerprint density at radius 2 is 2.15 bits per heavy atom. The molecule has 146 valence electrons. The second kappa shape index (κ2) is 7.73. The molecule has 2 aliphatic rings. The number of likely N-dealkylation sites (N-methyl/N-ethyl adjacent to an activating group) is 1. The van der Waals surface area contributed by atoms with E-state index in [9.17, 15) is 4.79 Å². The Hall–Kier alpha value is -1.70. The van der Waals surface area contributed by atoms with E-state index in [0.29, 0.717) is 19.6 Å². The molecule has 0 aliphatic carbocycles. The van der Waals surface area contributed by atoms with Crippen molar-refractivity contribution in [1.82, 2.24) is 19.4 Å². The maximum Gasteiger partial charge on any atom is 0.253 e. The third kappa shape index (κ3) is 3.56. The standard InChI is InChI=1S/C20H28N4O2S/c1-3-23(4-2)18(25)17-15-24-12-9-21-19(24)20(26-17)7-10-22(11-8-20)14-16-6-5-13-27-16/h5-6,9,12-13,17H,3-4,7-8,10-11,14-15H2,1-2H3. The van der Waals surface area contributed by atoms with Crippen molar-refractivity contribution in [2.75, 3.05) is 26.2 Å². The van der Waals surface area contributed by atoms with Crippen molar-refractivity contribution in [2.45, 2.75) is 51.5 Å². The van der Waals surface area contributed by atoms with E-state index in [0.717, 1.165) is 38.3 Å². The third-order valence-corrected chi connectivity index (χ3v) is 6.69. The van der Waals surface area contributed by atoms with Gasteiger partial charge in [0.25, 0.3) is 5.91 Å². The largest absolute Gasteiger partial charge is 0.352 e. The van der Waals surface area contributed by atoms with Crippen LogP contribution in [0.4, 0.5) is 0 Å². The maximum absolute atomic E-state index is 13.0. The minimum atomic E-state index is -0.443. The van der Waals surface area contributed by atoms with Gasteiger partial charge < -0.3 is 14.2 Å². The van der Waals surface area contributed by atoms with Gasteiger partial charge in [-0.05, 0) is 38.1 Å². The lowest BCUT2D eigenvalue weighted by Gasteiger charge is -2.46. The summed E-state index contributed by atoms with van der Waals surface area (Å²) < 4.78 is 8.66. The Balaban J connectivity index is 1.51. The molecular formula is C20H28N4O2S. The van der Waals surface area contributed by atoms with Gasteiger partial charge in [0.05, 0.1) is 6.54 Å². The summed E-state index contributed by atoms with van der Waals surface area (Å²) in [5.74, 6) is 1.08. The SMILES string of the molecule is CCN(CC)C(=O)C1Cn2ccnc2C2(CCN(Cc3cccs3)CC2)O1. The van der Waals surface area contributed by atoms with Crippen LogP contribution in [0.25, 0.3) is 0 Å². The highest BCUT2D eigenvalue weighted by atomic mass is 32.1. The molecule has 0 bridgehead atoms. The van der Waals surface area contributed by atoms with Crippen LogP contribution < -0.4 is 0 Å². The van der Waals surface area contributed by atoms with Crippen molar-refractivity contribution >= 4 is 17.2 Å². The first-order valence-corrected chi connectivity index (χ1v) is 10.8. The lowest BCUT2D eigenvalue weighted by Crippen LogP contribution is -2.54. The summed E-state index contributed by atoms with van der Waals surface area (Å²) in [5.41, 5.74) is -0.443. The number of amides is 1. The highest BCUT2D eigenvalue weighted by Gasteiger charge is 2.47. The van der Waals surface area contributed by atoms with E-state index in [4.69, 9.17) is 4.74 Å². The molecule has 1 unspecified atom stereocenters. The van der Waals surface area contributed by atoms with E-state index in [-0.39, 0.29) is 5.91 Å². The molecule has 27 heavy (non-hydrogen) atoms. The summed E-state index contributed by atoms with van der Waals surface area (Å²) in [6, 6.07) is 4.30. The Labute approximate surface area is 164 Å². The number of likely N-dealkylation sites (tertiary alicyclic amines) is 1. The molecule has 2 aromatic rings. The molecule has 0 aromatic carbocycles. The quantitative estimate of drug-likeness (QED) is 0.790. The normalized spacial score (nSPS) is 21.9. The van der Waals surface area contributed by atoms with Crippen molar-refractivity contribution in [2.24, 2.45) is 0 Å². The van der Waals surface area contributed by atoms with Crippen LogP contribution in [0.15, 0.2) is 29.9 Å². The minimum absolute atomic E-state index is 0.0970. The molecule has 4 heterocycles. The van der Waals surface area contributed by atoms with Crippen LogP contribution in [0, 0.1) is 0 Å². The maximum atomic E-state index is 13.0. The fourth-order valence-corrected chi connectivity index (χ4v) is 5.05. The summed E-state index contributed by atoms with van der Waals surface area (Å²) in [6.07, 6.45) is 5.15. The fourth-order valence-electron chi connectivity index (χ4n) is 4.30. The molecular weight excluding hydrogens is 360 g/mol. The van der Waals surface area contributed by atoms with E-state index >= 15 is 0 Å². The van der Waals surface area contributed by atoms with Gasteiger partial charge in [0, 0.05) is 50.0 Å². The highest BCUT2D eigenvalue weighted by molar-refractivity contribution is 7.09. The molecule has 1 spiro atoms. The first-order valence-electron chi connectivity index (χ1n) is 9.88. The van der Waals surface area contributed by atoms with Gasteiger partial charge in [-0.3, -0.25) is 9.69 Å². The summed E-state index contributed by atoms with van der Waals surface area (Å²) in [4.78, 5) is 23.3. The second-order valence-electron chi connectivity index (χ2n) is 7.37. The van der Waals surface area contributed by atoms with Crippen molar-refractivity contribution in [3.8, 4) is 0 Å². The minimum Gasteiger partial charge on any atom is -0.352 e. The van der Waals surface area contributed by atoms with Gasteiger partial charge in [0.1, 0.15) is 11.4 Å². The predicted molar refractivity (Wildman–Crippen MR) is 106 cm³/mol. The average molecular weight is 389 g/mol. The van der Waals surface area contributed by atoms with Gasteiger partial charge in [0.2, 0.25) is 0 Å². The molecule has 1 saturated heterocycles. The lowest BCUT2D eigenvalue weighted by molar-refractivity contribution is -0.181. The summed E-state index contributed by atoms with van der Waals surface area (Å²) in [5, 5.41) is 2.13. The first-order chi connectivity index (χ1) is 13.1. The average Bonchev–Trinajstić information content (AvgIpc) is 3.36. The number of thiophene rings is 1. The van der Waals surface area contributed by atoms with E-state index in [1.807, 2.05) is 31.1 Å². The highest BCUT2D eigenvalue weighted by Crippen LogP contribution is 2.40. The Morgan fingerprint density at radius 1 is 1.37 bits per heavy atom. The van der Waals surface area contributed by atoms with Gasteiger partial charge in [-0.1, -0.05) is 6.07 Å². The fraction of sp³-hybridized carbons (Fsp3) is 0.600. The second-order valence-corrected chi connectivity index (χ2v) is 8.40. The summed E-state index contributed by atoms with van der Waals surface area (Å²) >= 11 is 1.81. The molecule has 2 aromatic heterocycles. The van der Waals surface area contributed by atoms with Crippen LogP contribution in [0.3, 0.4) is 0 Å². The molecule has 0 saturated carbocycles. The predicted octanol–water partition coefficient (Wildman–Crippen LogP) is 2.70. The number of ether oxygens (including phenoxy) is 1. The number of imidazole rings is 1. The molecule has 0 radical (unpaired) electrons. The van der Waals surface area contributed by atoms with Crippen LogP contribution in [0.1, 0.15) is 37.4 Å². The van der Waals surface area contributed by atoms with Crippen molar-refractivity contribution in [3.63, 3.8) is 0 Å². The van der Waals surface area contributed by atoms with E-state index in [1.54, 1.807) is 11.3 Å². The summed E-state index contributed by atoms with van der Waals surface area (Å²) in [7, 11) is 0. The van der Waals surface area contributed by atoms with Crippen molar-refractivity contribution in [1.29, 1.82) is 0 Å². The van der Waals surface area contributed by atoms with Crippen LogP contribution in [0.5, 0.6) is 0 Å². The number of fused-ring (bicyclic) bond motifs is 2. The number of carbonyl (C=O) groups excluding carboxylic acids is 1. The van der Waals surface area contributed by atoms with E-state index in [1.165, 1.54) is 4.88 Å². The Kier molecular flexibility index (Phi) is 5.34. The number of hydrogen-bond acceptors (Lipinski definition) is 5. The number of nitrogens with zero attached hydrogens (tertiary/aromatic N) is 4. The zero-order valence-electron chi connectivity index (χ0n) is 16.1. The molecule has 7 heteroatoms. The molecule has 2 aliphatic heterocycles. The molecule has 1 atom stereocenters. The van der Waals surface area contributed by atoms with E-state index < -0.39 is 11.7 Å².